The topological polar surface area (TPSA) is 41.3 Å². The van der Waals surface area contributed by atoms with Gasteiger partial charge in [-0.1, -0.05) is 19.0 Å². The lowest BCUT2D eigenvalue weighted by atomic mass is 9.92. The lowest BCUT2D eigenvalue weighted by Gasteiger charge is -2.34. The largest absolute Gasteiger partial charge is 0.360 e. The molecular formula is C16H29N3O. The zero-order valence-corrected chi connectivity index (χ0v) is 13.6. The van der Waals surface area contributed by atoms with Crippen molar-refractivity contribution in [1.82, 2.24) is 15.4 Å². The first-order valence-electron chi connectivity index (χ1n) is 7.73. The smallest absolute Gasteiger partial charge is 0.151 e. The summed E-state index contributed by atoms with van der Waals surface area (Å²) in [6, 6.07) is 2.09. The second kappa shape index (κ2) is 6.27. The Morgan fingerprint density at radius 2 is 1.95 bits per heavy atom. The van der Waals surface area contributed by atoms with E-state index in [1.165, 1.54) is 19.5 Å². The molecule has 1 saturated heterocycles. The van der Waals surface area contributed by atoms with E-state index in [1.807, 2.05) is 0 Å². The first-order valence-corrected chi connectivity index (χ1v) is 7.73. The highest BCUT2D eigenvalue weighted by Gasteiger charge is 2.22. The zero-order valence-electron chi connectivity index (χ0n) is 13.6. The molecule has 0 aromatic carbocycles. The van der Waals surface area contributed by atoms with Crippen LogP contribution in [0.1, 0.15) is 52.5 Å². The number of hydrogen-bond donors (Lipinski definition) is 1. The Labute approximate surface area is 122 Å². The number of piperidine rings is 1. The van der Waals surface area contributed by atoms with Crippen LogP contribution < -0.4 is 5.32 Å². The summed E-state index contributed by atoms with van der Waals surface area (Å²) in [4.78, 5) is 2.49. The summed E-state index contributed by atoms with van der Waals surface area (Å²) in [7, 11) is 0. The molecule has 0 bridgehead atoms. The fraction of sp³-hybridized carbons (Fsp3) is 0.812. The summed E-state index contributed by atoms with van der Waals surface area (Å²) < 4.78 is 5.47. The van der Waals surface area contributed by atoms with Gasteiger partial charge in [0.25, 0.3) is 0 Å². The predicted molar refractivity (Wildman–Crippen MR) is 81.3 cm³/mol. The van der Waals surface area contributed by atoms with Crippen molar-refractivity contribution < 1.29 is 4.52 Å². The Morgan fingerprint density at radius 3 is 2.55 bits per heavy atom. The maximum atomic E-state index is 5.47. The molecule has 4 nitrogen and oxygen atoms in total. The maximum Gasteiger partial charge on any atom is 0.151 e. The summed E-state index contributed by atoms with van der Waals surface area (Å²) in [6.45, 7) is 15.1. The Kier molecular flexibility index (Phi) is 4.86. The third-order valence-electron chi connectivity index (χ3n) is 3.73. The highest BCUT2D eigenvalue weighted by molar-refractivity contribution is 5.05. The minimum atomic E-state index is 0.108. The molecule has 2 unspecified atom stereocenters. The lowest BCUT2D eigenvalue weighted by Crippen LogP contribution is -2.38. The number of nitrogens with zero attached hydrogens (tertiary/aromatic N) is 2. The average molecular weight is 279 g/mol. The molecule has 1 aliphatic heterocycles. The fourth-order valence-electron chi connectivity index (χ4n) is 3.01. The number of aromatic nitrogens is 1. The van der Waals surface area contributed by atoms with Gasteiger partial charge in [-0.2, -0.15) is 0 Å². The molecule has 0 spiro atoms. The van der Waals surface area contributed by atoms with Crippen LogP contribution in [0.25, 0.3) is 0 Å². The molecule has 2 heterocycles. The quantitative estimate of drug-likeness (QED) is 0.920. The summed E-state index contributed by atoms with van der Waals surface area (Å²) in [5, 5.41) is 7.59. The number of nitrogens with one attached hydrogen (secondary N) is 1. The van der Waals surface area contributed by atoms with Gasteiger partial charge < -0.3 is 9.84 Å². The molecule has 1 N–H and O–H groups in total. The molecule has 4 heteroatoms. The lowest BCUT2D eigenvalue weighted by molar-refractivity contribution is 0.123. The maximum absolute atomic E-state index is 5.47. The Hall–Kier alpha value is -0.870. The molecule has 1 fully saturated rings. The first-order chi connectivity index (χ1) is 9.32. The van der Waals surface area contributed by atoms with Crippen LogP contribution >= 0.6 is 0 Å². The Morgan fingerprint density at radius 1 is 1.30 bits per heavy atom. The predicted octanol–water partition coefficient (Wildman–Crippen LogP) is 3.04. The molecule has 0 saturated carbocycles. The Balaban J connectivity index is 1.86. The van der Waals surface area contributed by atoms with Crippen molar-refractivity contribution in [1.29, 1.82) is 0 Å². The van der Waals surface area contributed by atoms with Crippen LogP contribution in [0.5, 0.6) is 0 Å². The van der Waals surface area contributed by atoms with Crippen molar-refractivity contribution in [2.45, 2.75) is 59.7 Å². The van der Waals surface area contributed by atoms with Gasteiger partial charge in [0, 0.05) is 31.2 Å². The van der Waals surface area contributed by atoms with Gasteiger partial charge in [0.2, 0.25) is 0 Å². The van der Waals surface area contributed by atoms with Gasteiger partial charge in [-0.3, -0.25) is 4.90 Å². The van der Waals surface area contributed by atoms with Crippen LogP contribution in [0.2, 0.25) is 0 Å². The monoisotopic (exact) mass is 279 g/mol. The van der Waals surface area contributed by atoms with Gasteiger partial charge in [0.1, 0.15) is 0 Å². The van der Waals surface area contributed by atoms with Gasteiger partial charge in [0.15, 0.2) is 5.76 Å². The first kappa shape index (κ1) is 15.5. The van der Waals surface area contributed by atoms with E-state index in [2.05, 4.69) is 56.1 Å². The van der Waals surface area contributed by atoms with Gasteiger partial charge in [0.05, 0.1) is 12.2 Å². The molecule has 2 atom stereocenters. The van der Waals surface area contributed by atoms with E-state index in [4.69, 9.17) is 4.52 Å². The minimum Gasteiger partial charge on any atom is -0.360 e. The standard InChI is InChI=1S/C16H29N3O/c1-12-6-13(2)10-19(9-12)11-15-7-14(18-20-15)8-17-16(3,4)5/h7,12-13,17H,6,8-11H2,1-5H3. The van der Waals surface area contributed by atoms with Crippen molar-refractivity contribution in [2.24, 2.45) is 11.8 Å². The van der Waals surface area contributed by atoms with Crippen molar-refractivity contribution in [2.75, 3.05) is 13.1 Å². The van der Waals surface area contributed by atoms with Crippen molar-refractivity contribution in [3.8, 4) is 0 Å². The zero-order chi connectivity index (χ0) is 14.8. The molecule has 114 valence electrons. The molecular weight excluding hydrogens is 250 g/mol. The van der Waals surface area contributed by atoms with Crippen LogP contribution in [0.3, 0.4) is 0 Å². The average Bonchev–Trinajstić information content (AvgIpc) is 2.72. The van der Waals surface area contributed by atoms with Crippen LogP contribution in [0.4, 0.5) is 0 Å². The van der Waals surface area contributed by atoms with E-state index >= 15 is 0 Å². The molecule has 1 aromatic heterocycles. The Bertz CT molecular complexity index is 412. The van der Waals surface area contributed by atoms with Crippen LogP contribution in [-0.2, 0) is 13.1 Å². The van der Waals surface area contributed by atoms with E-state index in [0.29, 0.717) is 0 Å². The number of rotatable bonds is 4. The third-order valence-corrected chi connectivity index (χ3v) is 3.73. The summed E-state index contributed by atoms with van der Waals surface area (Å²) >= 11 is 0. The normalized spacial score (nSPS) is 25.1. The van der Waals surface area contributed by atoms with E-state index < -0.39 is 0 Å². The highest BCUT2D eigenvalue weighted by Crippen LogP contribution is 2.22. The number of likely N-dealkylation sites (tertiary alicyclic amines) is 1. The van der Waals surface area contributed by atoms with E-state index in [-0.39, 0.29) is 5.54 Å². The van der Waals surface area contributed by atoms with Gasteiger partial charge in [-0.15, -0.1) is 0 Å². The van der Waals surface area contributed by atoms with E-state index in [1.54, 1.807) is 0 Å². The summed E-state index contributed by atoms with van der Waals surface area (Å²) in [6.07, 6.45) is 1.34. The van der Waals surface area contributed by atoms with Crippen LogP contribution in [0.15, 0.2) is 10.6 Å². The molecule has 2 rings (SSSR count). The van der Waals surface area contributed by atoms with E-state index in [0.717, 1.165) is 36.4 Å². The van der Waals surface area contributed by atoms with Crippen LogP contribution in [-0.4, -0.2) is 28.7 Å². The van der Waals surface area contributed by atoms with Gasteiger partial charge in [-0.25, -0.2) is 0 Å². The second-order valence-corrected chi connectivity index (χ2v) is 7.53. The minimum absolute atomic E-state index is 0.108. The van der Waals surface area contributed by atoms with Gasteiger partial charge >= 0.3 is 0 Å². The van der Waals surface area contributed by atoms with E-state index in [9.17, 15) is 0 Å². The molecule has 1 aliphatic rings. The van der Waals surface area contributed by atoms with Crippen molar-refractivity contribution >= 4 is 0 Å². The second-order valence-electron chi connectivity index (χ2n) is 7.53. The molecule has 20 heavy (non-hydrogen) atoms. The summed E-state index contributed by atoms with van der Waals surface area (Å²) in [5.41, 5.74) is 1.10. The fourth-order valence-corrected chi connectivity index (χ4v) is 3.01. The van der Waals surface area contributed by atoms with Crippen LogP contribution in [0, 0.1) is 11.8 Å². The number of hydrogen-bond acceptors (Lipinski definition) is 4. The van der Waals surface area contributed by atoms with Crippen molar-refractivity contribution in [3.63, 3.8) is 0 Å². The van der Waals surface area contributed by atoms with Gasteiger partial charge in [-0.05, 0) is 39.0 Å². The molecule has 0 aliphatic carbocycles. The molecule has 1 aromatic rings. The molecule has 0 amide bonds. The molecule has 0 radical (unpaired) electrons. The third kappa shape index (κ3) is 4.91. The highest BCUT2D eigenvalue weighted by atomic mass is 16.5. The van der Waals surface area contributed by atoms with Crippen molar-refractivity contribution in [3.05, 3.63) is 17.5 Å². The SMILES string of the molecule is CC1CC(C)CN(Cc2cc(CNC(C)(C)C)no2)C1. The summed E-state index contributed by atoms with van der Waals surface area (Å²) in [5.74, 6) is 2.55.